The Hall–Kier alpha value is -2.69. The van der Waals surface area contributed by atoms with Gasteiger partial charge in [0.05, 0.1) is 23.1 Å². The highest BCUT2D eigenvalue weighted by Gasteiger charge is 2.41. The quantitative estimate of drug-likeness (QED) is 0.606. The van der Waals surface area contributed by atoms with Crippen molar-refractivity contribution in [2.75, 3.05) is 18.5 Å². The largest absolute Gasteiger partial charge is 0.379 e. The zero-order chi connectivity index (χ0) is 23.5. The minimum Gasteiger partial charge on any atom is -0.379 e. The SMILES string of the molecule is C[C@H]1CCOCC1n1nc(Nc2ccc3c(c2)CN(C(C)(C)C)S3(=O)=O)c2c(=O)[nH]ccc21. The van der Waals surface area contributed by atoms with E-state index < -0.39 is 15.6 Å². The molecule has 10 heteroatoms. The molecule has 0 bridgehead atoms. The Labute approximate surface area is 192 Å². The molecule has 5 rings (SSSR count). The molecule has 0 amide bonds. The zero-order valence-corrected chi connectivity index (χ0v) is 20.1. The van der Waals surface area contributed by atoms with Crippen molar-refractivity contribution in [3.8, 4) is 0 Å². The van der Waals surface area contributed by atoms with Gasteiger partial charge in [-0.1, -0.05) is 6.92 Å². The van der Waals surface area contributed by atoms with Crippen LogP contribution in [0, 0.1) is 5.92 Å². The Balaban J connectivity index is 1.55. The minimum absolute atomic E-state index is 0.0316. The monoisotopic (exact) mass is 471 g/mol. The summed E-state index contributed by atoms with van der Waals surface area (Å²) in [5.74, 6) is 0.806. The van der Waals surface area contributed by atoms with Crippen LogP contribution in [0.25, 0.3) is 10.9 Å². The highest BCUT2D eigenvalue weighted by Crippen LogP contribution is 2.38. The zero-order valence-electron chi connectivity index (χ0n) is 19.3. The summed E-state index contributed by atoms with van der Waals surface area (Å²) in [6.45, 7) is 9.41. The summed E-state index contributed by atoms with van der Waals surface area (Å²) in [6.07, 6.45) is 2.56. The molecule has 2 N–H and O–H groups in total. The number of benzene rings is 1. The van der Waals surface area contributed by atoms with Crippen LogP contribution in [0.3, 0.4) is 0 Å². The summed E-state index contributed by atoms with van der Waals surface area (Å²) >= 11 is 0. The number of nitrogens with zero attached hydrogens (tertiary/aromatic N) is 3. The molecular formula is C23H29N5O4S. The molecular weight excluding hydrogens is 442 g/mol. The Morgan fingerprint density at radius 3 is 2.76 bits per heavy atom. The molecule has 33 heavy (non-hydrogen) atoms. The first-order valence-electron chi connectivity index (χ1n) is 11.2. The van der Waals surface area contributed by atoms with E-state index in [2.05, 4.69) is 17.2 Å². The number of H-pyrrole nitrogens is 1. The first-order chi connectivity index (χ1) is 15.6. The van der Waals surface area contributed by atoms with E-state index in [0.717, 1.165) is 24.1 Å². The number of aromatic amines is 1. The molecule has 0 aliphatic carbocycles. The van der Waals surface area contributed by atoms with Crippen LogP contribution in [0.15, 0.2) is 40.2 Å². The number of sulfonamides is 1. The summed E-state index contributed by atoms with van der Waals surface area (Å²) < 4.78 is 35.0. The number of anilines is 2. The van der Waals surface area contributed by atoms with E-state index in [0.29, 0.717) is 40.9 Å². The number of hydrogen-bond donors (Lipinski definition) is 2. The lowest BCUT2D eigenvalue weighted by Crippen LogP contribution is -2.41. The molecule has 1 fully saturated rings. The van der Waals surface area contributed by atoms with Crippen LogP contribution in [-0.4, -0.2) is 46.2 Å². The van der Waals surface area contributed by atoms with Crippen molar-refractivity contribution < 1.29 is 13.2 Å². The van der Waals surface area contributed by atoms with Crippen LogP contribution >= 0.6 is 0 Å². The lowest BCUT2D eigenvalue weighted by molar-refractivity contribution is 0.0255. The molecule has 2 aliphatic rings. The van der Waals surface area contributed by atoms with Gasteiger partial charge in [-0.15, -0.1) is 0 Å². The Bertz CT molecular complexity index is 1390. The number of aromatic nitrogens is 3. The Kier molecular flexibility index (Phi) is 5.15. The molecule has 2 aromatic heterocycles. The maximum Gasteiger partial charge on any atom is 0.261 e. The van der Waals surface area contributed by atoms with E-state index >= 15 is 0 Å². The second-order valence-corrected chi connectivity index (χ2v) is 11.7. The molecule has 9 nitrogen and oxygen atoms in total. The van der Waals surface area contributed by atoms with Gasteiger partial charge in [-0.2, -0.15) is 9.40 Å². The third-order valence-electron chi connectivity index (χ3n) is 6.56. The smallest absolute Gasteiger partial charge is 0.261 e. The van der Waals surface area contributed by atoms with Gasteiger partial charge in [0.2, 0.25) is 10.0 Å². The van der Waals surface area contributed by atoms with Crippen molar-refractivity contribution in [1.29, 1.82) is 0 Å². The standard InChI is InChI=1S/C23H29N5O4S/c1-14-8-10-32-13-18(14)28-17-7-9-24-22(29)20(17)21(26-28)25-16-5-6-19-15(11-16)12-27(23(2,3)4)33(19,30)31/h5-7,9,11,14,18H,8,10,12-13H2,1-4H3,(H,24,29)(H,25,26)/t14-,18?/m0/s1. The lowest BCUT2D eigenvalue weighted by Gasteiger charge is -2.29. The maximum atomic E-state index is 13.0. The third kappa shape index (κ3) is 3.66. The van der Waals surface area contributed by atoms with Crippen molar-refractivity contribution in [3.05, 3.63) is 46.4 Å². The van der Waals surface area contributed by atoms with Gasteiger partial charge in [0.15, 0.2) is 5.82 Å². The summed E-state index contributed by atoms with van der Waals surface area (Å²) in [4.78, 5) is 15.8. The lowest BCUT2D eigenvalue weighted by atomic mass is 9.97. The molecule has 0 radical (unpaired) electrons. The molecule has 2 aliphatic heterocycles. The Morgan fingerprint density at radius 2 is 2.03 bits per heavy atom. The predicted molar refractivity (Wildman–Crippen MR) is 126 cm³/mol. The van der Waals surface area contributed by atoms with E-state index in [1.54, 1.807) is 18.3 Å². The van der Waals surface area contributed by atoms with Crippen molar-refractivity contribution in [2.24, 2.45) is 5.92 Å². The molecule has 4 heterocycles. The minimum atomic E-state index is -3.53. The fourth-order valence-corrected chi connectivity index (χ4v) is 6.67. The molecule has 3 aromatic rings. The van der Waals surface area contributed by atoms with Gasteiger partial charge in [0.1, 0.15) is 5.39 Å². The predicted octanol–water partition coefficient (Wildman–Crippen LogP) is 3.37. The van der Waals surface area contributed by atoms with E-state index in [4.69, 9.17) is 9.84 Å². The fraction of sp³-hybridized carbons (Fsp3) is 0.478. The van der Waals surface area contributed by atoms with Crippen LogP contribution in [-0.2, 0) is 21.3 Å². The molecule has 1 aromatic carbocycles. The second kappa shape index (κ2) is 7.68. The second-order valence-electron chi connectivity index (χ2n) is 9.90. The highest BCUT2D eigenvalue weighted by atomic mass is 32.2. The van der Waals surface area contributed by atoms with Crippen LogP contribution in [0.4, 0.5) is 11.5 Å². The molecule has 1 unspecified atom stereocenters. The van der Waals surface area contributed by atoms with Gasteiger partial charge in [-0.3, -0.25) is 9.48 Å². The first-order valence-corrected chi connectivity index (χ1v) is 12.6. The van der Waals surface area contributed by atoms with Crippen LogP contribution < -0.4 is 10.9 Å². The first kappa shape index (κ1) is 22.1. The average Bonchev–Trinajstić information content (AvgIpc) is 3.24. The van der Waals surface area contributed by atoms with Gasteiger partial charge in [-0.25, -0.2) is 8.42 Å². The Morgan fingerprint density at radius 1 is 1.24 bits per heavy atom. The number of ether oxygens (including phenoxy) is 1. The molecule has 1 saturated heterocycles. The van der Waals surface area contributed by atoms with E-state index in [-0.39, 0.29) is 11.6 Å². The van der Waals surface area contributed by atoms with Gasteiger partial charge in [0, 0.05) is 30.6 Å². The molecule has 0 saturated carbocycles. The summed E-state index contributed by atoms with van der Waals surface area (Å²) in [5.41, 5.74) is 1.40. The average molecular weight is 472 g/mol. The van der Waals surface area contributed by atoms with Crippen molar-refractivity contribution in [1.82, 2.24) is 19.1 Å². The number of rotatable bonds is 3. The molecule has 0 spiro atoms. The van der Waals surface area contributed by atoms with E-state index in [9.17, 15) is 13.2 Å². The number of fused-ring (bicyclic) bond motifs is 2. The topological polar surface area (TPSA) is 109 Å². The molecule has 2 atom stereocenters. The van der Waals surface area contributed by atoms with Crippen molar-refractivity contribution in [3.63, 3.8) is 0 Å². The van der Waals surface area contributed by atoms with Gasteiger partial charge >= 0.3 is 0 Å². The van der Waals surface area contributed by atoms with Crippen molar-refractivity contribution >= 4 is 32.4 Å². The van der Waals surface area contributed by atoms with Crippen LogP contribution in [0.2, 0.25) is 0 Å². The number of hydrogen-bond acceptors (Lipinski definition) is 6. The van der Waals surface area contributed by atoms with Crippen LogP contribution in [0.5, 0.6) is 0 Å². The highest BCUT2D eigenvalue weighted by molar-refractivity contribution is 7.89. The summed E-state index contributed by atoms with van der Waals surface area (Å²) in [6, 6.07) is 7.06. The van der Waals surface area contributed by atoms with Gasteiger partial charge in [0.25, 0.3) is 5.56 Å². The fourth-order valence-electron chi connectivity index (χ4n) is 4.71. The number of pyridine rings is 1. The summed E-state index contributed by atoms with van der Waals surface area (Å²) in [5, 5.41) is 8.51. The van der Waals surface area contributed by atoms with Gasteiger partial charge in [-0.05, 0) is 62.9 Å². The molecule has 176 valence electrons. The number of nitrogens with one attached hydrogen (secondary N) is 2. The normalized spacial score (nSPS) is 23.0. The van der Waals surface area contributed by atoms with E-state index in [1.165, 1.54) is 4.31 Å². The van der Waals surface area contributed by atoms with E-state index in [1.807, 2.05) is 37.6 Å². The van der Waals surface area contributed by atoms with Crippen molar-refractivity contribution in [2.45, 2.75) is 57.1 Å². The van der Waals surface area contributed by atoms with Crippen LogP contribution in [0.1, 0.15) is 45.7 Å². The van der Waals surface area contributed by atoms with Gasteiger partial charge < -0.3 is 15.0 Å². The maximum absolute atomic E-state index is 13.0. The third-order valence-corrected chi connectivity index (χ3v) is 8.77. The summed E-state index contributed by atoms with van der Waals surface area (Å²) in [7, 11) is -3.53.